The lowest BCUT2D eigenvalue weighted by Crippen LogP contribution is -2.14. The molecule has 0 aliphatic heterocycles. The molecule has 0 heterocycles. The molecule has 0 rings (SSSR count). The van der Waals surface area contributed by atoms with Crippen molar-refractivity contribution < 1.29 is 9.90 Å². The molecule has 0 fully saturated rings. The number of aliphatic hydroxyl groups is 1. The smallest absolute Gasteiger partial charge is 0.164 e. The third kappa shape index (κ3) is 2.74. The van der Waals surface area contributed by atoms with Crippen LogP contribution in [-0.2, 0) is 4.79 Å². The molecule has 11 heavy (non-hydrogen) atoms. The number of carbonyl (C=O) groups is 1. The maximum atomic E-state index is 11.3. The lowest BCUT2D eigenvalue weighted by Gasteiger charge is -2.10. The molecule has 0 aromatic rings. The summed E-state index contributed by atoms with van der Waals surface area (Å²) in [5, 5.41) is 8.73. The fraction of sp³-hybridized carbons (Fsp3) is 0.667. The summed E-state index contributed by atoms with van der Waals surface area (Å²) in [5.41, 5.74) is 0.514. The molecule has 0 saturated heterocycles. The van der Waals surface area contributed by atoms with E-state index < -0.39 is 0 Å². The van der Waals surface area contributed by atoms with Crippen molar-refractivity contribution in [3.8, 4) is 0 Å². The summed E-state index contributed by atoms with van der Waals surface area (Å²) >= 11 is 0. The summed E-state index contributed by atoms with van der Waals surface area (Å²) in [6, 6.07) is 0. The van der Waals surface area contributed by atoms with Gasteiger partial charge < -0.3 is 5.11 Å². The normalized spacial score (nSPS) is 12.7. The summed E-state index contributed by atoms with van der Waals surface area (Å²) in [6.45, 7) is 7.44. The molecule has 0 aliphatic rings. The predicted octanol–water partition coefficient (Wildman–Crippen LogP) is 2.31. The Morgan fingerprint density at radius 1 is 1.18 bits per heavy atom. The fourth-order valence-electron chi connectivity index (χ4n) is 0.831. The molecule has 2 nitrogen and oxygen atoms in total. The highest BCUT2D eigenvalue weighted by Crippen LogP contribution is 2.14. The van der Waals surface area contributed by atoms with E-state index in [2.05, 4.69) is 0 Å². The molecule has 0 aromatic carbocycles. The predicted molar refractivity (Wildman–Crippen MR) is 45.4 cm³/mol. The number of rotatable bonds is 3. The van der Waals surface area contributed by atoms with E-state index >= 15 is 0 Å². The van der Waals surface area contributed by atoms with Crippen molar-refractivity contribution in [1.29, 1.82) is 0 Å². The van der Waals surface area contributed by atoms with Crippen molar-refractivity contribution >= 4 is 5.78 Å². The quantitative estimate of drug-likeness (QED) is 0.503. The summed E-state index contributed by atoms with van der Waals surface area (Å²) < 4.78 is 0. The summed E-state index contributed by atoms with van der Waals surface area (Å²) in [5.74, 6) is 0.105. The van der Waals surface area contributed by atoms with Gasteiger partial charge in [-0.1, -0.05) is 27.7 Å². The Hall–Kier alpha value is -0.790. The van der Waals surface area contributed by atoms with Gasteiger partial charge in [0.2, 0.25) is 0 Å². The van der Waals surface area contributed by atoms with E-state index in [0.717, 1.165) is 6.26 Å². The third-order valence-corrected chi connectivity index (χ3v) is 1.57. The minimum absolute atomic E-state index is 0.0301. The molecule has 2 heteroatoms. The van der Waals surface area contributed by atoms with Gasteiger partial charge in [0.15, 0.2) is 5.78 Å². The second kappa shape index (κ2) is 4.16. The molecule has 1 N–H and O–H groups in total. The Kier molecular flexibility index (Phi) is 3.86. The zero-order valence-corrected chi connectivity index (χ0v) is 7.59. The van der Waals surface area contributed by atoms with Crippen molar-refractivity contribution in [3.63, 3.8) is 0 Å². The first kappa shape index (κ1) is 10.2. The van der Waals surface area contributed by atoms with Crippen LogP contribution in [0.4, 0.5) is 0 Å². The van der Waals surface area contributed by atoms with E-state index in [-0.39, 0.29) is 17.6 Å². The highest BCUT2D eigenvalue weighted by molar-refractivity contribution is 5.96. The number of ketones is 1. The lowest BCUT2D eigenvalue weighted by molar-refractivity contribution is -0.118. The molecule has 0 aliphatic carbocycles. The Morgan fingerprint density at radius 3 is 1.73 bits per heavy atom. The topological polar surface area (TPSA) is 37.3 Å². The average Bonchev–Trinajstić information content (AvgIpc) is 1.88. The van der Waals surface area contributed by atoms with Crippen LogP contribution in [0.1, 0.15) is 27.7 Å². The Balaban J connectivity index is 4.42. The summed E-state index contributed by atoms with van der Waals surface area (Å²) in [4.78, 5) is 11.3. The highest BCUT2D eigenvalue weighted by atomic mass is 16.2. The van der Waals surface area contributed by atoms with Crippen LogP contribution in [0.2, 0.25) is 0 Å². The number of Topliss-reactive ketones (excluding diaryl/α,β-unsaturated/α-hetero) is 1. The van der Waals surface area contributed by atoms with Gasteiger partial charge in [-0.05, 0) is 5.92 Å². The lowest BCUT2D eigenvalue weighted by atomic mass is 9.94. The first-order valence-corrected chi connectivity index (χ1v) is 3.89. The zero-order chi connectivity index (χ0) is 9.02. The number of hydrogen-bond donors (Lipinski definition) is 1. The highest BCUT2D eigenvalue weighted by Gasteiger charge is 2.16. The monoisotopic (exact) mass is 156 g/mol. The zero-order valence-electron chi connectivity index (χ0n) is 7.59. The third-order valence-electron chi connectivity index (χ3n) is 1.57. The average molecular weight is 156 g/mol. The molecule has 0 bridgehead atoms. The summed E-state index contributed by atoms with van der Waals surface area (Å²) in [6.07, 6.45) is 0.924. The minimum Gasteiger partial charge on any atom is -0.515 e. The molecule has 0 unspecified atom stereocenters. The van der Waals surface area contributed by atoms with Gasteiger partial charge in [-0.3, -0.25) is 4.79 Å². The maximum Gasteiger partial charge on any atom is 0.164 e. The molecule has 64 valence electrons. The Bertz CT molecular complexity index is 166. The fourth-order valence-corrected chi connectivity index (χ4v) is 0.831. The Morgan fingerprint density at radius 2 is 1.64 bits per heavy atom. The molecule has 0 saturated carbocycles. The van der Waals surface area contributed by atoms with Gasteiger partial charge in [0.25, 0.3) is 0 Å². The van der Waals surface area contributed by atoms with Gasteiger partial charge in [0.05, 0.1) is 6.26 Å². The van der Waals surface area contributed by atoms with E-state index in [0.29, 0.717) is 5.57 Å². The molecule has 0 radical (unpaired) electrons. The van der Waals surface area contributed by atoms with Crippen LogP contribution in [0.25, 0.3) is 0 Å². The van der Waals surface area contributed by atoms with Gasteiger partial charge >= 0.3 is 0 Å². The van der Waals surface area contributed by atoms with Crippen molar-refractivity contribution in [2.24, 2.45) is 11.8 Å². The minimum atomic E-state index is -0.0317. The van der Waals surface area contributed by atoms with Gasteiger partial charge in [0, 0.05) is 11.5 Å². The largest absolute Gasteiger partial charge is 0.515 e. The van der Waals surface area contributed by atoms with Gasteiger partial charge in [-0.2, -0.15) is 0 Å². The van der Waals surface area contributed by atoms with Crippen molar-refractivity contribution in [2.75, 3.05) is 0 Å². The van der Waals surface area contributed by atoms with Crippen LogP contribution >= 0.6 is 0 Å². The van der Waals surface area contributed by atoms with Crippen LogP contribution in [0.3, 0.4) is 0 Å². The van der Waals surface area contributed by atoms with Crippen LogP contribution in [0.5, 0.6) is 0 Å². The second-order valence-corrected chi connectivity index (χ2v) is 3.26. The van der Waals surface area contributed by atoms with Crippen molar-refractivity contribution in [3.05, 3.63) is 11.8 Å². The van der Waals surface area contributed by atoms with E-state index in [1.165, 1.54) is 0 Å². The molecular formula is C9H16O2. The standard InChI is InChI=1S/C9H16O2/c1-6(2)8(5-10)9(11)7(3)4/h5-7,10H,1-4H3/b8-5+. The molecular weight excluding hydrogens is 140 g/mol. The second-order valence-electron chi connectivity index (χ2n) is 3.26. The molecule has 0 atom stereocenters. The molecule has 0 aromatic heterocycles. The number of allylic oxidation sites excluding steroid dienone is 1. The van der Waals surface area contributed by atoms with E-state index in [4.69, 9.17) is 5.11 Å². The van der Waals surface area contributed by atoms with Gasteiger partial charge in [-0.25, -0.2) is 0 Å². The maximum absolute atomic E-state index is 11.3. The Labute approximate surface area is 67.9 Å². The van der Waals surface area contributed by atoms with E-state index in [1.807, 2.05) is 27.7 Å². The molecule has 0 amide bonds. The number of aliphatic hydroxyl groups excluding tert-OH is 1. The number of carbonyl (C=O) groups excluding carboxylic acids is 1. The summed E-state index contributed by atoms with van der Waals surface area (Å²) in [7, 11) is 0. The van der Waals surface area contributed by atoms with Gasteiger partial charge in [-0.15, -0.1) is 0 Å². The first-order valence-electron chi connectivity index (χ1n) is 3.89. The van der Waals surface area contributed by atoms with Gasteiger partial charge in [0.1, 0.15) is 0 Å². The van der Waals surface area contributed by atoms with Crippen LogP contribution in [0, 0.1) is 11.8 Å². The van der Waals surface area contributed by atoms with E-state index in [1.54, 1.807) is 0 Å². The number of hydrogen-bond acceptors (Lipinski definition) is 2. The van der Waals surface area contributed by atoms with Crippen LogP contribution < -0.4 is 0 Å². The SMILES string of the molecule is CC(C)C(=O)/C(=C/O)C(C)C. The molecule has 0 spiro atoms. The van der Waals surface area contributed by atoms with Crippen molar-refractivity contribution in [2.45, 2.75) is 27.7 Å². The van der Waals surface area contributed by atoms with Crippen molar-refractivity contribution in [1.82, 2.24) is 0 Å². The van der Waals surface area contributed by atoms with E-state index in [9.17, 15) is 4.79 Å². The first-order chi connectivity index (χ1) is 5.00. The van der Waals surface area contributed by atoms with Crippen LogP contribution in [0.15, 0.2) is 11.8 Å². The van der Waals surface area contributed by atoms with Crippen LogP contribution in [-0.4, -0.2) is 10.9 Å².